The Morgan fingerprint density at radius 2 is 1.87 bits per heavy atom. The Balaban J connectivity index is 1.77. The molecule has 0 unspecified atom stereocenters. The predicted molar refractivity (Wildman–Crippen MR) is 95.8 cm³/mol. The third kappa shape index (κ3) is 3.40. The number of para-hydroxylation sites is 3. The van der Waals surface area contributed by atoms with Gasteiger partial charge in [0.2, 0.25) is 5.91 Å². The maximum Gasteiger partial charge on any atom is 0.237 e. The van der Waals surface area contributed by atoms with Crippen LogP contribution >= 0.6 is 11.8 Å². The largest absolute Gasteiger partial charge is 0.325 e. The fourth-order valence-corrected chi connectivity index (χ4v) is 3.41. The monoisotopic (exact) mass is 325 g/mol. The highest BCUT2D eigenvalue weighted by atomic mass is 32.2. The summed E-state index contributed by atoms with van der Waals surface area (Å²) in [5, 5.41) is 3.59. The summed E-state index contributed by atoms with van der Waals surface area (Å²) in [5.41, 5.74) is 2.88. The Morgan fingerprint density at radius 1 is 1.17 bits per heavy atom. The number of aromatic nitrogens is 2. The van der Waals surface area contributed by atoms with Crippen LogP contribution in [-0.4, -0.2) is 20.7 Å². The Bertz CT molecular complexity index is 814. The molecule has 3 aromatic rings. The number of thioether (sulfide) groups is 1. The summed E-state index contributed by atoms with van der Waals surface area (Å²) >= 11 is 1.49. The molecule has 5 heteroatoms. The highest BCUT2D eigenvalue weighted by molar-refractivity contribution is 8.00. The quantitative estimate of drug-likeness (QED) is 0.716. The molecule has 1 aromatic heterocycles. The molecular formula is C18H19N3OS. The molecule has 0 saturated carbocycles. The first-order chi connectivity index (χ1) is 11.2. The highest BCUT2D eigenvalue weighted by Gasteiger charge is 2.19. The number of hydrogen-bond donors (Lipinski definition) is 1. The van der Waals surface area contributed by atoms with Gasteiger partial charge in [0.1, 0.15) is 0 Å². The first-order valence-corrected chi connectivity index (χ1v) is 8.55. The Labute approximate surface area is 139 Å². The van der Waals surface area contributed by atoms with Crippen molar-refractivity contribution in [1.29, 1.82) is 0 Å². The number of carbonyl (C=O) groups is 1. The van der Waals surface area contributed by atoms with E-state index in [9.17, 15) is 4.79 Å². The van der Waals surface area contributed by atoms with E-state index >= 15 is 0 Å². The molecule has 3 rings (SSSR count). The number of carbonyl (C=O) groups excluding carboxylic acids is 1. The molecule has 0 aliphatic heterocycles. The molecule has 2 aromatic carbocycles. The van der Waals surface area contributed by atoms with E-state index in [0.29, 0.717) is 0 Å². The number of nitrogens with one attached hydrogen (secondary N) is 1. The summed E-state index contributed by atoms with van der Waals surface area (Å²) < 4.78 is 2.15. The zero-order chi connectivity index (χ0) is 16.2. The smallest absolute Gasteiger partial charge is 0.237 e. The molecule has 23 heavy (non-hydrogen) atoms. The zero-order valence-electron chi connectivity index (χ0n) is 13.2. The normalized spacial score (nSPS) is 12.3. The van der Waals surface area contributed by atoms with Gasteiger partial charge in [-0.25, -0.2) is 4.98 Å². The predicted octanol–water partition coefficient (Wildman–Crippen LogP) is 4.18. The number of nitrogens with zero attached hydrogens (tertiary/aromatic N) is 2. The Morgan fingerprint density at radius 3 is 2.61 bits per heavy atom. The van der Waals surface area contributed by atoms with Gasteiger partial charge in [-0.1, -0.05) is 42.1 Å². The minimum atomic E-state index is -0.225. The molecule has 0 aliphatic rings. The van der Waals surface area contributed by atoms with Crippen LogP contribution in [-0.2, 0) is 11.3 Å². The van der Waals surface area contributed by atoms with Crippen LogP contribution in [0.15, 0.2) is 59.8 Å². The van der Waals surface area contributed by atoms with Crippen molar-refractivity contribution in [3.05, 3.63) is 54.6 Å². The van der Waals surface area contributed by atoms with Crippen molar-refractivity contribution >= 4 is 34.4 Å². The summed E-state index contributed by atoms with van der Waals surface area (Å²) in [6, 6.07) is 17.6. The summed E-state index contributed by atoms with van der Waals surface area (Å²) in [4.78, 5) is 17.0. The number of imidazole rings is 1. The van der Waals surface area contributed by atoms with Crippen molar-refractivity contribution in [1.82, 2.24) is 9.55 Å². The third-order valence-corrected chi connectivity index (χ3v) is 4.72. The van der Waals surface area contributed by atoms with Crippen LogP contribution in [0.3, 0.4) is 0 Å². The average Bonchev–Trinajstić information content (AvgIpc) is 2.92. The second kappa shape index (κ2) is 6.87. The van der Waals surface area contributed by atoms with Crippen molar-refractivity contribution in [3.63, 3.8) is 0 Å². The molecule has 1 heterocycles. The molecule has 118 valence electrons. The minimum absolute atomic E-state index is 0.0177. The van der Waals surface area contributed by atoms with Gasteiger partial charge in [-0.3, -0.25) is 4.79 Å². The fraction of sp³-hybridized carbons (Fsp3) is 0.222. The second-order valence-electron chi connectivity index (χ2n) is 5.24. The minimum Gasteiger partial charge on any atom is -0.325 e. The summed E-state index contributed by atoms with van der Waals surface area (Å²) in [7, 11) is 0. The summed E-state index contributed by atoms with van der Waals surface area (Å²) in [6.45, 7) is 4.82. The maximum atomic E-state index is 12.4. The van der Waals surface area contributed by atoms with Crippen LogP contribution in [0.1, 0.15) is 13.8 Å². The maximum absolute atomic E-state index is 12.4. The summed E-state index contributed by atoms with van der Waals surface area (Å²) in [5.74, 6) is -0.0177. The van der Waals surface area contributed by atoms with E-state index < -0.39 is 0 Å². The molecule has 1 N–H and O–H groups in total. The van der Waals surface area contributed by atoms with E-state index in [1.807, 2.05) is 55.5 Å². The lowest BCUT2D eigenvalue weighted by Crippen LogP contribution is -2.22. The van der Waals surface area contributed by atoms with Crippen molar-refractivity contribution in [2.75, 3.05) is 5.32 Å². The van der Waals surface area contributed by atoms with Crippen molar-refractivity contribution in [2.24, 2.45) is 0 Å². The van der Waals surface area contributed by atoms with E-state index in [1.54, 1.807) is 0 Å². The van der Waals surface area contributed by atoms with Gasteiger partial charge in [0, 0.05) is 12.2 Å². The highest BCUT2D eigenvalue weighted by Crippen LogP contribution is 2.27. The molecule has 0 radical (unpaired) electrons. The molecule has 0 fully saturated rings. The van der Waals surface area contributed by atoms with Crippen LogP contribution in [0.25, 0.3) is 11.0 Å². The van der Waals surface area contributed by atoms with Gasteiger partial charge in [-0.15, -0.1) is 0 Å². The fourth-order valence-electron chi connectivity index (χ4n) is 2.43. The number of rotatable bonds is 5. The van der Waals surface area contributed by atoms with Gasteiger partial charge in [-0.2, -0.15) is 0 Å². The van der Waals surface area contributed by atoms with Crippen LogP contribution in [0.4, 0.5) is 5.69 Å². The van der Waals surface area contributed by atoms with Gasteiger partial charge in [-0.05, 0) is 38.1 Å². The second-order valence-corrected chi connectivity index (χ2v) is 6.55. The molecule has 1 amide bonds. The number of aryl methyl sites for hydroxylation is 1. The van der Waals surface area contributed by atoms with E-state index in [2.05, 4.69) is 27.9 Å². The van der Waals surface area contributed by atoms with Crippen LogP contribution in [0.5, 0.6) is 0 Å². The van der Waals surface area contributed by atoms with Gasteiger partial charge in [0.25, 0.3) is 0 Å². The first kappa shape index (κ1) is 15.6. The molecule has 1 atom stereocenters. The molecular weight excluding hydrogens is 306 g/mol. The van der Waals surface area contributed by atoms with Crippen molar-refractivity contribution < 1.29 is 4.79 Å². The number of fused-ring (bicyclic) bond motifs is 1. The summed E-state index contributed by atoms with van der Waals surface area (Å²) in [6.07, 6.45) is 0. The van der Waals surface area contributed by atoms with Gasteiger partial charge < -0.3 is 9.88 Å². The standard InChI is InChI=1S/C18H19N3OS/c1-3-21-16-12-8-7-11-15(16)20-18(21)23-13(2)17(22)19-14-9-5-4-6-10-14/h4-13H,3H2,1-2H3,(H,19,22)/t13-/m0/s1. The van der Waals surface area contributed by atoms with Gasteiger partial charge >= 0.3 is 0 Å². The SMILES string of the molecule is CCn1c(S[C@@H](C)C(=O)Nc2ccccc2)nc2ccccc21. The molecule has 0 aliphatic carbocycles. The number of hydrogen-bond acceptors (Lipinski definition) is 3. The Kier molecular flexibility index (Phi) is 4.67. The van der Waals surface area contributed by atoms with Crippen LogP contribution in [0.2, 0.25) is 0 Å². The zero-order valence-corrected chi connectivity index (χ0v) is 14.0. The van der Waals surface area contributed by atoms with Crippen LogP contribution < -0.4 is 5.32 Å². The molecule has 4 nitrogen and oxygen atoms in total. The molecule has 0 saturated heterocycles. The lowest BCUT2D eigenvalue weighted by molar-refractivity contribution is -0.115. The topological polar surface area (TPSA) is 46.9 Å². The lowest BCUT2D eigenvalue weighted by atomic mass is 10.3. The van der Waals surface area contributed by atoms with Gasteiger partial charge in [0.05, 0.1) is 16.3 Å². The van der Waals surface area contributed by atoms with E-state index in [1.165, 1.54) is 11.8 Å². The lowest BCUT2D eigenvalue weighted by Gasteiger charge is -2.12. The van der Waals surface area contributed by atoms with Crippen molar-refractivity contribution in [2.45, 2.75) is 30.8 Å². The number of benzene rings is 2. The van der Waals surface area contributed by atoms with Gasteiger partial charge in [0.15, 0.2) is 5.16 Å². The van der Waals surface area contributed by atoms with Crippen molar-refractivity contribution in [3.8, 4) is 0 Å². The Hall–Kier alpha value is -2.27. The third-order valence-electron chi connectivity index (χ3n) is 3.63. The molecule has 0 spiro atoms. The van der Waals surface area contributed by atoms with E-state index in [-0.39, 0.29) is 11.2 Å². The van der Waals surface area contributed by atoms with Crippen LogP contribution in [0, 0.1) is 0 Å². The van der Waals surface area contributed by atoms with E-state index in [4.69, 9.17) is 0 Å². The first-order valence-electron chi connectivity index (χ1n) is 7.67. The average molecular weight is 325 g/mol. The number of amides is 1. The number of anilines is 1. The van der Waals surface area contributed by atoms with E-state index in [0.717, 1.165) is 28.4 Å². The molecule has 0 bridgehead atoms.